The highest BCUT2D eigenvalue weighted by Gasteiger charge is 2.45. The van der Waals surface area contributed by atoms with E-state index in [0.717, 1.165) is 0 Å². The molecule has 24 heavy (non-hydrogen) atoms. The van der Waals surface area contributed by atoms with Crippen LogP contribution in [0.1, 0.15) is 27.6 Å². The van der Waals surface area contributed by atoms with Crippen molar-refractivity contribution >= 4 is 5.78 Å². The monoisotopic (exact) mass is 330 g/mol. The zero-order chi connectivity index (χ0) is 17.0. The molecule has 0 bridgehead atoms. The molecule has 0 amide bonds. The summed E-state index contributed by atoms with van der Waals surface area (Å²) in [6.07, 6.45) is -1.68. The Morgan fingerprint density at radius 1 is 1.17 bits per heavy atom. The average molecular weight is 330 g/mol. The maximum absolute atomic E-state index is 12.8. The normalized spacial score (nSPS) is 21.3. The van der Waals surface area contributed by atoms with Crippen LogP contribution in [0, 0.1) is 0 Å². The Morgan fingerprint density at radius 2 is 1.96 bits per heavy atom. The topological polar surface area (TPSA) is 105 Å². The van der Waals surface area contributed by atoms with E-state index in [-0.39, 0.29) is 46.7 Å². The molecular weight excluding hydrogens is 316 g/mol. The predicted molar refractivity (Wildman–Crippen MR) is 80.7 cm³/mol. The molecule has 7 nitrogen and oxygen atoms in total. The van der Waals surface area contributed by atoms with E-state index >= 15 is 0 Å². The Hall–Kier alpha value is -2.93. The van der Waals surface area contributed by atoms with Gasteiger partial charge in [0.2, 0.25) is 5.78 Å². The molecule has 0 aliphatic carbocycles. The first-order chi connectivity index (χ1) is 11.5. The number of phenols is 3. The highest BCUT2D eigenvalue weighted by atomic mass is 16.6. The molecule has 0 aromatic heterocycles. The van der Waals surface area contributed by atoms with Gasteiger partial charge in [-0.05, 0) is 6.07 Å². The third-order valence-electron chi connectivity index (χ3n) is 4.32. The second-order valence-electron chi connectivity index (χ2n) is 5.66. The Morgan fingerprint density at radius 3 is 2.71 bits per heavy atom. The molecule has 0 spiro atoms. The lowest BCUT2D eigenvalue weighted by Crippen LogP contribution is -2.41. The Labute approximate surface area is 136 Å². The molecule has 2 aromatic carbocycles. The van der Waals surface area contributed by atoms with Crippen molar-refractivity contribution in [3.05, 3.63) is 41.0 Å². The zero-order valence-electron chi connectivity index (χ0n) is 12.6. The minimum absolute atomic E-state index is 0.0262. The van der Waals surface area contributed by atoms with Crippen LogP contribution in [0.5, 0.6) is 28.7 Å². The summed E-state index contributed by atoms with van der Waals surface area (Å²) >= 11 is 0. The molecule has 124 valence electrons. The highest BCUT2D eigenvalue weighted by Crippen LogP contribution is 2.47. The van der Waals surface area contributed by atoms with Crippen LogP contribution in [0.3, 0.4) is 0 Å². The van der Waals surface area contributed by atoms with Gasteiger partial charge in [0.1, 0.15) is 22.8 Å². The van der Waals surface area contributed by atoms with Gasteiger partial charge in [-0.2, -0.15) is 0 Å². The van der Waals surface area contributed by atoms with Gasteiger partial charge in [0.15, 0.2) is 23.7 Å². The lowest BCUT2D eigenvalue weighted by Gasteiger charge is -2.37. The van der Waals surface area contributed by atoms with Crippen molar-refractivity contribution in [1.82, 2.24) is 0 Å². The van der Waals surface area contributed by atoms with Crippen molar-refractivity contribution < 1.29 is 34.3 Å². The van der Waals surface area contributed by atoms with Crippen LogP contribution in [0.2, 0.25) is 0 Å². The molecule has 2 atom stereocenters. The predicted octanol–water partition coefficient (Wildman–Crippen LogP) is 2.03. The molecule has 2 aliphatic heterocycles. The van der Waals surface area contributed by atoms with Gasteiger partial charge in [-0.1, -0.05) is 6.07 Å². The largest absolute Gasteiger partial charge is 0.508 e. The summed E-state index contributed by atoms with van der Waals surface area (Å²) in [6, 6.07) is 5.59. The Kier molecular flexibility index (Phi) is 3.07. The fourth-order valence-corrected chi connectivity index (χ4v) is 3.17. The summed E-state index contributed by atoms with van der Waals surface area (Å²) in [5, 5.41) is 29.4. The van der Waals surface area contributed by atoms with Gasteiger partial charge >= 0.3 is 0 Å². The number of methoxy groups -OCH3 is 1. The number of hydrogen-bond acceptors (Lipinski definition) is 7. The third kappa shape index (κ3) is 1.91. The van der Waals surface area contributed by atoms with Crippen LogP contribution in [-0.4, -0.2) is 34.3 Å². The standard InChI is InChI=1S/C17H14O7/c1-22-11-4-7(18)5-12-13(11)15(21)17-16(24-12)8-2-3-10(19)14(20)9(8)6-23-17/h2-5,16-20H,6H2,1H3/t16-,17-/m1/s1. The van der Waals surface area contributed by atoms with E-state index in [1.807, 2.05) is 0 Å². The Bertz CT molecular complexity index is 859. The van der Waals surface area contributed by atoms with Crippen LogP contribution >= 0.6 is 0 Å². The summed E-state index contributed by atoms with van der Waals surface area (Å²) in [6.45, 7) is -0.0262. The van der Waals surface area contributed by atoms with Crippen molar-refractivity contribution in [1.29, 1.82) is 0 Å². The average Bonchev–Trinajstić information content (AvgIpc) is 2.57. The van der Waals surface area contributed by atoms with Gasteiger partial charge < -0.3 is 29.5 Å². The van der Waals surface area contributed by atoms with E-state index in [1.54, 1.807) is 6.07 Å². The van der Waals surface area contributed by atoms with Crippen LogP contribution in [0.15, 0.2) is 24.3 Å². The van der Waals surface area contributed by atoms with E-state index < -0.39 is 12.2 Å². The van der Waals surface area contributed by atoms with Crippen LogP contribution in [0.25, 0.3) is 0 Å². The highest BCUT2D eigenvalue weighted by molar-refractivity contribution is 6.06. The first-order valence-electron chi connectivity index (χ1n) is 7.28. The molecule has 0 saturated carbocycles. The van der Waals surface area contributed by atoms with Crippen molar-refractivity contribution in [2.24, 2.45) is 0 Å². The summed E-state index contributed by atoms with van der Waals surface area (Å²) in [5.74, 6) is -0.587. The van der Waals surface area contributed by atoms with Gasteiger partial charge in [-0.25, -0.2) is 0 Å². The van der Waals surface area contributed by atoms with Crippen molar-refractivity contribution in [3.8, 4) is 28.7 Å². The van der Waals surface area contributed by atoms with Crippen molar-refractivity contribution in [2.75, 3.05) is 7.11 Å². The summed E-state index contributed by atoms with van der Waals surface area (Å²) < 4.78 is 16.6. The minimum Gasteiger partial charge on any atom is -0.508 e. The second-order valence-corrected chi connectivity index (χ2v) is 5.66. The fourth-order valence-electron chi connectivity index (χ4n) is 3.17. The third-order valence-corrected chi connectivity index (χ3v) is 4.32. The number of Topliss-reactive ketones (excluding diaryl/α,β-unsaturated/α-hetero) is 1. The second kappa shape index (κ2) is 5.04. The Balaban J connectivity index is 1.87. The number of fused-ring (bicyclic) bond motifs is 4. The van der Waals surface area contributed by atoms with Crippen molar-refractivity contribution in [3.63, 3.8) is 0 Å². The zero-order valence-corrected chi connectivity index (χ0v) is 12.6. The van der Waals surface area contributed by atoms with E-state index in [4.69, 9.17) is 14.2 Å². The first kappa shape index (κ1) is 14.6. The van der Waals surface area contributed by atoms with E-state index in [1.165, 1.54) is 25.3 Å². The number of rotatable bonds is 1. The van der Waals surface area contributed by atoms with Gasteiger partial charge in [-0.3, -0.25) is 4.79 Å². The fraction of sp³-hybridized carbons (Fsp3) is 0.235. The molecule has 3 N–H and O–H groups in total. The van der Waals surface area contributed by atoms with Crippen LogP contribution in [0.4, 0.5) is 0 Å². The van der Waals surface area contributed by atoms with E-state index in [0.29, 0.717) is 11.1 Å². The quantitative estimate of drug-likeness (QED) is 0.687. The maximum atomic E-state index is 12.8. The molecule has 0 saturated heterocycles. The minimum atomic E-state index is -0.896. The smallest absolute Gasteiger partial charge is 0.203 e. The van der Waals surface area contributed by atoms with Gasteiger partial charge in [0, 0.05) is 23.3 Å². The molecule has 0 radical (unpaired) electrons. The molecule has 2 aromatic rings. The molecule has 0 fully saturated rings. The molecule has 2 heterocycles. The summed E-state index contributed by atoms with van der Waals surface area (Å²) in [4.78, 5) is 12.8. The lowest BCUT2D eigenvalue weighted by molar-refractivity contribution is -0.0433. The van der Waals surface area contributed by atoms with Gasteiger partial charge in [0.05, 0.1) is 13.7 Å². The number of aromatic hydroxyl groups is 3. The van der Waals surface area contributed by atoms with Crippen LogP contribution < -0.4 is 9.47 Å². The number of carbonyl (C=O) groups excluding carboxylic acids is 1. The summed E-state index contributed by atoms with van der Waals surface area (Å²) in [7, 11) is 1.40. The first-order valence-corrected chi connectivity index (χ1v) is 7.28. The molecule has 4 rings (SSSR count). The number of phenolic OH excluding ortho intramolecular Hbond substituents is 3. The molecular formula is C17H14O7. The van der Waals surface area contributed by atoms with E-state index in [2.05, 4.69) is 0 Å². The van der Waals surface area contributed by atoms with E-state index in [9.17, 15) is 20.1 Å². The number of carbonyl (C=O) groups is 1. The van der Waals surface area contributed by atoms with Gasteiger partial charge in [-0.15, -0.1) is 0 Å². The van der Waals surface area contributed by atoms with Gasteiger partial charge in [0.25, 0.3) is 0 Å². The number of ketones is 1. The lowest BCUT2D eigenvalue weighted by atomic mass is 9.88. The summed E-state index contributed by atoms with van der Waals surface area (Å²) in [5.41, 5.74) is 1.14. The number of hydrogen-bond donors (Lipinski definition) is 3. The van der Waals surface area contributed by atoms with Crippen LogP contribution in [-0.2, 0) is 11.3 Å². The molecule has 0 unspecified atom stereocenters. The number of benzene rings is 2. The molecule has 7 heteroatoms. The number of ether oxygens (including phenoxy) is 3. The SMILES string of the molecule is COc1cc(O)cc2c1C(=O)[C@H]1OCc3c(ccc(O)c3O)[C@H]1O2. The van der Waals surface area contributed by atoms with Crippen molar-refractivity contribution in [2.45, 2.75) is 18.8 Å². The molecule has 2 aliphatic rings. The maximum Gasteiger partial charge on any atom is 0.203 e.